The van der Waals surface area contributed by atoms with Crippen molar-refractivity contribution in [2.45, 2.75) is 44.5 Å². The lowest BCUT2D eigenvalue weighted by molar-refractivity contribution is -0.137. The monoisotopic (exact) mass is 382 g/mol. The Kier molecular flexibility index (Phi) is 6.10. The van der Waals surface area contributed by atoms with Crippen LogP contribution in [0.5, 0.6) is 0 Å². The van der Waals surface area contributed by atoms with Crippen LogP contribution < -0.4 is 5.32 Å². The van der Waals surface area contributed by atoms with Crippen LogP contribution in [0.2, 0.25) is 0 Å². The first-order valence-electron chi connectivity index (χ1n) is 8.88. The quantitative estimate of drug-likeness (QED) is 0.834. The van der Waals surface area contributed by atoms with E-state index in [1.807, 2.05) is 0 Å². The summed E-state index contributed by atoms with van der Waals surface area (Å²) in [4.78, 5) is 12.1. The highest BCUT2D eigenvalue weighted by atomic mass is 19.4. The van der Waals surface area contributed by atoms with Crippen LogP contribution in [0.4, 0.5) is 13.2 Å². The fourth-order valence-electron chi connectivity index (χ4n) is 2.99. The van der Waals surface area contributed by atoms with Crippen LogP contribution in [-0.2, 0) is 17.5 Å². The number of aromatic nitrogens is 3. The van der Waals surface area contributed by atoms with Crippen LogP contribution in [0.3, 0.4) is 0 Å². The number of carbonyl (C=O) groups excluding carboxylic acids is 1. The molecule has 1 aromatic heterocycles. The molecule has 0 spiro atoms. The highest BCUT2D eigenvalue weighted by Gasteiger charge is 2.30. The van der Waals surface area contributed by atoms with E-state index in [9.17, 15) is 18.0 Å². The minimum atomic E-state index is -4.40. The predicted molar refractivity (Wildman–Crippen MR) is 91.1 cm³/mol. The van der Waals surface area contributed by atoms with Crippen molar-refractivity contribution in [3.63, 3.8) is 0 Å². The zero-order chi connectivity index (χ0) is 19.3. The second kappa shape index (κ2) is 8.51. The van der Waals surface area contributed by atoms with Gasteiger partial charge in [0.2, 0.25) is 0 Å². The summed E-state index contributed by atoms with van der Waals surface area (Å²) in [6.07, 6.45) is 1.17. The van der Waals surface area contributed by atoms with Gasteiger partial charge < -0.3 is 10.1 Å². The Balaban J connectivity index is 1.52. The third-order valence-corrected chi connectivity index (χ3v) is 4.40. The van der Waals surface area contributed by atoms with E-state index in [1.54, 1.807) is 6.07 Å². The fraction of sp³-hybridized carbons (Fsp3) is 0.500. The first-order valence-corrected chi connectivity index (χ1v) is 8.88. The van der Waals surface area contributed by atoms with Crippen molar-refractivity contribution >= 4 is 5.91 Å². The zero-order valence-corrected chi connectivity index (χ0v) is 14.7. The van der Waals surface area contributed by atoms with E-state index >= 15 is 0 Å². The van der Waals surface area contributed by atoms with Crippen molar-refractivity contribution in [3.8, 4) is 0 Å². The SMILES string of the molecule is O=C(NCC[C@@H]1CCCCO1)c1cn(Cc2cccc(C(F)(F)F)c2)nn1. The Labute approximate surface area is 154 Å². The normalized spacial score (nSPS) is 17.7. The maximum absolute atomic E-state index is 12.8. The number of nitrogens with one attached hydrogen (secondary N) is 1. The van der Waals surface area contributed by atoms with Crippen molar-refractivity contribution in [2.24, 2.45) is 0 Å². The second-order valence-corrected chi connectivity index (χ2v) is 6.53. The average molecular weight is 382 g/mol. The number of halogens is 3. The van der Waals surface area contributed by atoms with Gasteiger partial charge in [0.15, 0.2) is 5.69 Å². The third-order valence-electron chi connectivity index (χ3n) is 4.40. The molecule has 2 heterocycles. The van der Waals surface area contributed by atoms with Crippen LogP contribution in [0.25, 0.3) is 0 Å². The van der Waals surface area contributed by atoms with Gasteiger partial charge in [-0.25, -0.2) is 4.68 Å². The number of alkyl halides is 3. The van der Waals surface area contributed by atoms with Gasteiger partial charge >= 0.3 is 6.18 Å². The number of amides is 1. The van der Waals surface area contributed by atoms with Gasteiger partial charge in [0.05, 0.1) is 24.4 Å². The third kappa shape index (κ3) is 5.53. The van der Waals surface area contributed by atoms with Gasteiger partial charge in [-0.3, -0.25) is 4.79 Å². The standard InChI is InChI=1S/C18H21F3N4O2/c19-18(20,21)14-5-3-4-13(10-14)11-25-12-16(23-24-25)17(26)22-8-7-15-6-1-2-9-27-15/h3-5,10,12,15H,1-2,6-9,11H2,(H,22,26)/t15-/m0/s1. The van der Waals surface area contributed by atoms with Crippen LogP contribution in [-0.4, -0.2) is 40.2 Å². The molecule has 1 aliphatic heterocycles. The Morgan fingerprint density at radius 3 is 2.93 bits per heavy atom. The van der Waals surface area contributed by atoms with E-state index in [4.69, 9.17) is 4.74 Å². The van der Waals surface area contributed by atoms with E-state index in [0.29, 0.717) is 12.1 Å². The van der Waals surface area contributed by atoms with Crippen LogP contribution in [0, 0.1) is 0 Å². The highest BCUT2D eigenvalue weighted by Crippen LogP contribution is 2.29. The van der Waals surface area contributed by atoms with Gasteiger partial charge in [-0.2, -0.15) is 13.2 Å². The first-order chi connectivity index (χ1) is 12.9. The number of benzene rings is 1. The predicted octanol–water partition coefficient (Wildman–Crippen LogP) is 3.03. The molecule has 0 aliphatic carbocycles. The Bertz CT molecular complexity index is 770. The maximum atomic E-state index is 12.8. The van der Waals surface area contributed by atoms with Crippen LogP contribution in [0.15, 0.2) is 30.5 Å². The van der Waals surface area contributed by atoms with Gasteiger partial charge in [0.1, 0.15) is 0 Å². The van der Waals surface area contributed by atoms with E-state index in [0.717, 1.165) is 44.4 Å². The molecule has 0 bridgehead atoms. The summed E-state index contributed by atoms with van der Waals surface area (Å²) in [6, 6.07) is 4.99. The number of rotatable bonds is 6. The largest absolute Gasteiger partial charge is 0.416 e. The molecule has 3 rings (SSSR count). The lowest BCUT2D eigenvalue weighted by Gasteiger charge is -2.22. The summed E-state index contributed by atoms with van der Waals surface area (Å²) in [5.41, 5.74) is -0.161. The van der Waals surface area contributed by atoms with Gasteiger partial charge in [0, 0.05) is 13.2 Å². The lowest BCUT2D eigenvalue weighted by atomic mass is 10.1. The summed E-state index contributed by atoms with van der Waals surface area (Å²) in [6.45, 7) is 1.34. The average Bonchev–Trinajstić information content (AvgIpc) is 3.11. The van der Waals surface area contributed by atoms with Crippen molar-refractivity contribution in [3.05, 3.63) is 47.3 Å². The minimum absolute atomic E-state index is 0.0973. The topological polar surface area (TPSA) is 69.0 Å². The number of carbonyl (C=O) groups is 1. The molecule has 1 fully saturated rings. The van der Waals surface area contributed by atoms with E-state index in [1.165, 1.54) is 16.9 Å². The molecule has 1 aliphatic rings. The van der Waals surface area contributed by atoms with Crippen LogP contribution >= 0.6 is 0 Å². The van der Waals surface area contributed by atoms with Crippen LogP contribution in [0.1, 0.15) is 47.3 Å². The number of hydrogen-bond donors (Lipinski definition) is 1. The molecule has 27 heavy (non-hydrogen) atoms. The maximum Gasteiger partial charge on any atom is 0.416 e. The highest BCUT2D eigenvalue weighted by molar-refractivity contribution is 5.91. The molecule has 1 saturated heterocycles. The Morgan fingerprint density at radius 1 is 1.33 bits per heavy atom. The van der Waals surface area contributed by atoms with Gasteiger partial charge in [-0.15, -0.1) is 5.10 Å². The molecule has 2 aromatic rings. The van der Waals surface area contributed by atoms with Gasteiger partial charge in [0.25, 0.3) is 5.91 Å². The summed E-state index contributed by atoms with van der Waals surface area (Å²) in [7, 11) is 0. The first kappa shape index (κ1) is 19.3. The number of nitrogens with zero attached hydrogens (tertiary/aromatic N) is 3. The van der Waals surface area contributed by atoms with Crippen molar-refractivity contribution in [1.29, 1.82) is 0 Å². The molecule has 1 N–H and O–H groups in total. The minimum Gasteiger partial charge on any atom is -0.378 e. The van der Waals surface area contributed by atoms with E-state index < -0.39 is 11.7 Å². The molecular weight excluding hydrogens is 361 g/mol. The van der Waals surface area contributed by atoms with E-state index in [-0.39, 0.29) is 24.2 Å². The molecular formula is C18H21F3N4O2. The van der Waals surface area contributed by atoms with Crippen molar-refractivity contribution in [2.75, 3.05) is 13.2 Å². The van der Waals surface area contributed by atoms with Gasteiger partial charge in [-0.1, -0.05) is 17.3 Å². The number of ether oxygens (including phenoxy) is 1. The molecule has 0 unspecified atom stereocenters. The summed E-state index contributed by atoms with van der Waals surface area (Å²) in [5.74, 6) is -0.360. The molecule has 9 heteroatoms. The summed E-state index contributed by atoms with van der Waals surface area (Å²) < 4.78 is 45.3. The molecule has 1 aromatic carbocycles. The smallest absolute Gasteiger partial charge is 0.378 e. The molecule has 0 saturated carbocycles. The van der Waals surface area contributed by atoms with Crippen molar-refractivity contribution < 1.29 is 22.7 Å². The number of hydrogen-bond acceptors (Lipinski definition) is 4. The van der Waals surface area contributed by atoms with Crippen molar-refractivity contribution in [1.82, 2.24) is 20.3 Å². The van der Waals surface area contributed by atoms with E-state index in [2.05, 4.69) is 15.6 Å². The fourth-order valence-corrected chi connectivity index (χ4v) is 2.99. The Hall–Kier alpha value is -2.42. The summed E-state index contributed by atoms with van der Waals surface area (Å²) in [5, 5.41) is 10.4. The lowest BCUT2D eigenvalue weighted by Crippen LogP contribution is -2.29. The molecule has 0 radical (unpaired) electrons. The molecule has 1 atom stereocenters. The van der Waals surface area contributed by atoms with Gasteiger partial charge in [-0.05, 0) is 43.4 Å². The summed E-state index contributed by atoms with van der Waals surface area (Å²) >= 11 is 0. The second-order valence-electron chi connectivity index (χ2n) is 6.53. The Morgan fingerprint density at radius 2 is 2.19 bits per heavy atom. The zero-order valence-electron chi connectivity index (χ0n) is 14.7. The molecule has 1 amide bonds. The molecule has 146 valence electrons. The molecule has 6 nitrogen and oxygen atoms in total.